The van der Waals surface area contributed by atoms with Crippen molar-refractivity contribution in [3.63, 3.8) is 0 Å². The Morgan fingerprint density at radius 2 is 2.10 bits per heavy atom. The van der Waals surface area contributed by atoms with Crippen molar-refractivity contribution in [2.45, 2.75) is 25.8 Å². The molecule has 21 heavy (non-hydrogen) atoms. The highest BCUT2D eigenvalue weighted by atomic mass is 16.3. The van der Waals surface area contributed by atoms with Crippen LogP contribution in [0.3, 0.4) is 0 Å². The molecule has 6 heteroatoms. The third-order valence-electron chi connectivity index (χ3n) is 4.22. The van der Waals surface area contributed by atoms with E-state index < -0.39 is 0 Å². The van der Waals surface area contributed by atoms with Crippen molar-refractivity contribution in [1.29, 1.82) is 0 Å². The van der Waals surface area contributed by atoms with E-state index in [0.29, 0.717) is 11.9 Å². The lowest BCUT2D eigenvalue weighted by molar-refractivity contribution is 0.439. The summed E-state index contributed by atoms with van der Waals surface area (Å²) in [5, 5.41) is 20.4. The Kier molecular flexibility index (Phi) is 3.79. The summed E-state index contributed by atoms with van der Waals surface area (Å²) in [7, 11) is 2.01. The number of phenolic OH excluding ortho intramolecular Hbond substituents is 1. The fourth-order valence-electron chi connectivity index (χ4n) is 2.76. The first-order valence-corrected chi connectivity index (χ1v) is 7.32. The first-order valence-electron chi connectivity index (χ1n) is 7.32. The summed E-state index contributed by atoms with van der Waals surface area (Å²) in [4.78, 5) is 6.79. The van der Waals surface area contributed by atoms with Crippen molar-refractivity contribution in [1.82, 2.24) is 20.5 Å². The maximum atomic E-state index is 9.79. The van der Waals surface area contributed by atoms with Gasteiger partial charge in [-0.25, -0.2) is 0 Å². The zero-order chi connectivity index (χ0) is 14.8. The molecule has 1 aromatic heterocycles. The van der Waals surface area contributed by atoms with E-state index in [1.807, 2.05) is 26.1 Å². The number of nitrogens with zero attached hydrogens (tertiary/aromatic N) is 3. The number of hydrogen-bond acceptors (Lipinski definition) is 5. The van der Waals surface area contributed by atoms with Gasteiger partial charge in [-0.2, -0.15) is 4.98 Å². The first kappa shape index (κ1) is 13.9. The number of rotatable bonds is 3. The number of anilines is 1. The Bertz CT molecular complexity index is 616. The standard InChI is InChI=1S/C15H21N5O/c1-10-12(4-3-5-13(10)21)14-17-15(19-18-14)20-8-6-11(16-2)7-9-20/h3-5,11,16,21H,6-9H2,1-2H3,(H,17,18,19). The van der Waals surface area contributed by atoms with Crippen LogP contribution < -0.4 is 10.2 Å². The number of aromatic hydroxyl groups is 1. The fourth-order valence-corrected chi connectivity index (χ4v) is 2.76. The molecule has 0 bridgehead atoms. The van der Waals surface area contributed by atoms with Gasteiger partial charge in [-0.3, -0.25) is 5.10 Å². The number of piperidine rings is 1. The molecule has 1 fully saturated rings. The minimum Gasteiger partial charge on any atom is -0.508 e. The molecule has 1 saturated heterocycles. The molecule has 0 saturated carbocycles. The Morgan fingerprint density at radius 3 is 2.81 bits per heavy atom. The molecule has 3 rings (SSSR count). The van der Waals surface area contributed by atoms with E-state index in [-0.39, 0.29) is 5.75 Å². The summed E-state index contributed by atoms with van der Waals surface area (Å²) in [5.41, 5.74) is 1.70. The molecular weight excluding hydrogens is 266 g/mol. The minimum absolute atomic E-state index is 0.278. The SMILES string of the molecule is CNC1CCN(c2n[nH]c(-c3cccc(O)c3C)n2)CC1. The first-order chi connectivity index (χ1) is 10.2. The van der Waals surface area contributed by atoms with Gasteiger partial charge in [-0.1, -0.05) is 12.1 Å². The molecule has 112 valence electrons. The molecule has 0 amide bonds. The molecule has 0 aliphatic carbocycles. The average molecular weight is 287 g/mol. The highest BCUT2D eigenvalue weighted by molar-refractivity contribution is 5.64. The normalized spacial score (nSPS) is 16.4. The Hall–Kier alpha value is -2.08. The molecule has 1 aromatic carbocycles. The molecule has 0 atom stereocenters. The second-order valence-electron chi connectivity index (χ2n) is 5.48. The van der Waals surface area contributed by atoms with Crippen LogP contribution in [0, 0.1) is 6.92 Å². The molecule has 3 N–H and O–H groups in total. The molecule has 0 unspecified atom stereocenters. The van der Waals surface area contributed by atoms with Crippen LogP contribution in [0.15, 0.2) is 18.2 Å². The number of aromatic nitrogens is 3. The number of phenols is 1. The van der Waals surface area contributed by atoms with E-state index in [2.05, 4.69) is 25.4 Å². The van der Waals surface area contributed by atoms with Gasteiger partial charge in [0.1, 0.15) is 5.75 Å². The minimum atomic E-state index is 0.278. The number of nitrogens with one attached hydrogen (secondary N) is 2. The zero-order valence-electron chi connectivity index (χ0n) is 12.4. The summed E-state index contributed by atoms with van der Waals surface area (Å²) in [6.07, 6.45) is 2.21. The molecule has 1 aliphatic rings. The molecule has 0 radical (unpaired) electrons. The van der Waals surface area contributed by atoms with Crippen molar-refractivity contribution in [2.75, 3.05) is 25.0 Å². The summed E-state index contributed by atoms with van der Waals surface area (Å²) >= 11 is 0. The van der Waals surface area contributed by atoms with Crippen molar-refractivity contribution in [3.8, 4) is 17.1 Å². The van der Waals surface area contributed by atoms with Gasteiger partial charge < -0.3 is 15.3 Å². The van der Waals surface area contributed by atoms with Gasteiger partial charge in [0.05, 0.1) is 0 Å². The third kappa shape index (κ3) is 2.71. The van der Waals surface area contributed by atoms with E-state index in [1.165, 1.54) is 0 Å². The molecule has 2 heterocycles. The van der Waals surface area contributed by atoms with Crippen molar-refractivity contribution in [2.24, 2.45) is 0 Å². The van der Waals surface area contributed by atoms with E-state index in [0.717, 1.165) is 43.0 Å². The second-order valence-corrected chi connectivity index (χ2v) is 5.48. The molecule has 2 aromatic rings. The molecule has 6 nitrogen and oxygen atoms in total. The molecular formula is C15H21N5O. The quantitative estimate of drug-likeness (QED) is 0.800. The lowest BCUT2D eigenvalue weighted by atomic mass is 10.1. The topological polar surface area (TPSA) is 77.1 Å². The van der Waals surface area contributed by atoms with Gasteiger partial charge in [-0.15, -0.1) is 5.10 Å². The Morgan fingerprint density at radius 1 is 1.33 bits per heavy atom. The van der Waals surface area contributed by atoms with E-state index in [4.69, 9.17) is 0 Å². The van der Waals surface area contributed by atoms with Gasteiger partial charge in [-0.05, 0) is 32.9 Å². The Balaban J connectivity index is 1.79. The predicted molar refractivity (Wildman–Crippen MR) is 82.5 cm³/mol. The summed E-state index contributed by atoms with van der Waals surface area (Å²) in [6, 6.07) is 6.02. The number of H-pyrrole nitrogens is 1. The monoisotopic (exact) mass is 287 g/mol. The van der Waals surface area contributed by atoms with Crippen LogP contribution in [0.4, 0.5) is 5.95 Å². The molecule has 0 spiro atoms. The number of benzene rings is 1. The number of hydrogen-bond donors (Lipinski definition) is 3. The maximum Gasteiger partial charge on any atom is 0.245 e. The zero-order valence-corrected chi connectivity index (χ0v) is 12.4. The van der Waals surface area contributed by atoms with Crippen LogP contribution in [0.2, 0.25) is 0 Å². The summed E-state index contributed by atoms with van der Waals surface area (Å²) in [5.74, 6) is 1.72. The van der Waals surface area contributed by atoms with E-state index in [9.17, 15) is 5.11 Å². The number of aromatic amines is 1. The van der Waals surface area contributed by atoms with Crippen LogP contribution in [0.1, 0.15) is 18.4 Å². The largest absolute Gasteiger partial charge is 0.508 e. The van der Waals surface area contributed by atoms with Crippen LogP contribution in [-0.4, -0.2) is 46.5 Å². The molecule has 1 aliphatic heterocycles. The maximum absolute atomic E-state index is 9.79. The predicted octanol–water partition coefficient (Wildman–Crippen LogP) is 1.67. The van der Waals surface area contributed by atoms with Crippen molar-refractivity contribution < 1.29 is 5.11 Å². The average Bonchev–Trinajstić information content (AvgIpc) is 3.00. The van der Waals surface area contributed by atoms with Gasteiger partial charge in [0.2, 0.25) is 5.95 Å². The fraction of sp³-hybridized carbons (Fsp3) is 0.467. The highest BCUT2D eigenvalue weighted by Gasteiger charge is 2.21. The van der Waals surface area contributed by atoms with Gasteiger partial charge in [0.15, 0.2) is 5.82 Å². The lowest BCUT2D eigenvalue weighted by Gasteiger charge is -2.30. The smallest absolute Gasteiger partial charge is 0.245 e. The van der Waals surface area contributed by atoms with Crippen LogP contribution in [-0.2, 0) is 0 Å². The van der Waals surface area contributed by atoms with Gasteiger partial charge >= 0.3 is 0 Å². The Labute approximate surface area is 124 Å². The van der Waals surface area contributed by atoms with Gasteiger partial charge in [0, 0.05) is 30.3 Å². The summed E-state index contributed by atoms with van der Waals surface area (Å²) < 4.78 is 0. The van der Waals surface area contributed by atoms with Crippen molar-refractivity contribution in [3.05, 3.63) is 23.8 Å². The van der Waals surface area contributed by atoms with Crippen LogP contribution in [0.5, 0.6) is 5.75 Å². The van der Waals surface area contributed by atoms with E-state index in [1.54, 1.807) is 6.07 Å². The van der Waals surface area contributed by atoms with Crippen molar-refractivity contribution >= 4 is 5.95 Å². The van der Waals surface area contributed by atoms with Crippen LogP contribution in [0.25, 0.3) is 11.4 Å². The third-order valence-corrected chi connectivity index (χ3v) is 4.22. The second kappa shape index (κ2) is 5.73. The highest BCUT2D eigenvalue weighted by Crippen LogP contribution is 2.28. The lowest BCUT2D eigenvalue weighted by Crippen LogP contribution is -2.41. The summed E-state index contributed by atoms with van der Waals surface area (Å²) in [6.45, 7) is 3.80. The van der Waals surface area contributed by atoms with Gasteiger partial charge in [0.25, 0.3) is 0 Å². The van der Waals surface area contributed by atoms with E-state index >= 15 is 0 Å². The van der Waals surface area contributed by atoms with Crippen LogP contribution >= 0.6 is 0 Å².